The van der Waals surface area contributed by atoms with E-state index in [1.54, 1.807) is 32.0 Å². The van der Waals surface area contributed by atoms with Crippen molar-refractivity contribution in [3.05, 3.63) is 39.9 Å². The highest BCUT2D eigenvalue weighted by atomic mass is 16.6. The molecule has 0 unspecified atom stereocenters. The van der Waals surface area contributed by atoms with Gasteiger partial charge in [-0.3, -0.25) is 19.7 Å². The minimum atomic E-state index is -1.04. The Morgan fingerprint density at radius 2 is 1.79 bits per heavy atom. The van der Waals surface area contributed by atoms with Gasteiger partial charge in [0.15, 0.2) is 0 Å². The number of carbonyl (C=O) groups excluding carboxylic acids is 3. The fraction of sp³-hybridized carbons (Fsp3) is 0.550. The monoisotopic (exact) mass is 406 g/mol. The summed E-state index contributed by atoms with van der Waals surface area (Å²) in [5.41, 5.74) is 0.391. The second-order valence-corrected chi connectivity index (χ2v) is 6.67. The lowest BCUT2D eigenvalue weighted by Crippen LogP contribution is -2.55. The van der Waals surface area contributed by atoms with Crippen LogP contribution in [0.1, 0.15) is 38.7 Å². The molecule has 1 aromatic rings. The van der Waals surface area contributed by atoms with Gasteiger partial charge in [-0.25, -0.2) is 4.79 Å². The maximum absolute atomic E-state index is 12.9. The van der Waals surface area contributed by atoms with E-state index in [1.165, 1.54) is 11.0 Å². The van der Waals surface area contributed by atoms with Gasteiger partial charge in [-0.1, -0.05) is 18.2 Å². The van der Waals surface area contributed by atoms with Crippen molar-refractivity contribution in [1.82, 2.24) is 4.90 Å². The van der Waals surface area contributed by atoms with Crippen molar-refractivity contribution in [1.29, 1.82) is 0 Å². The van der Waals surface area contributed by atoms with Crippen LogP contribution in [0, 0.1) is 16.0 Å². The van der Waals surface area contributed by atoms with Crippen molar-refractivity contribution in [2.24, 2.45) is 5.92 Å². The molecule has 1 amide bonds. The fourth-order valence-electron chi connectivity index (χ4n) is 3.58. The molecule has 1 aliphatic heterocycles. The Bertz CT molecular complexity index is 765. The molecule has 0 aromatic heterocycles. The molecule has 0 spiro atoms. The number of rotatable bonds is 8. The van der Waals surface area contributed by atoms with Crippen LogP contribution in [0.15, 0.2) is 24.3 Å². The second-order valence-electron chi connectivity index (χ2n) is 6.67. The molecule has 158 valence electrons. The summed E-state index contributed by atoms with van der Waals surface area (Å²) < 4.78 is 10.2. The number of amides is 1. The molecule has 1 aromatic carbocycles. The van der Waals surface area contributed by atoms with Crippen molar-refractivity contribution < 1.29 is 28.8 Å². The Kier molecular flexibility index (Phi) is 8.11. The molecule has 2 rings (SSSR count). The Labute approximate surface area is 169 Å². The first-order valence-electron chi connectivity index (χ1n) is 9.75. The van der Waals surface area contributed by atoms with Crippen molar-refractivity contribution in [2.75, 3.05) is 19.8 Å². The van der Waals surface area contributed by atoms with Gasteiger partial charge in [0.05, 0.1) is 24.1 Å². The van der Waals surface area contributed by atoms with Crippen molar-refractivity contribution in [3.8, 4) is 0 Å². The Balaban J connectivity index is 2.18. The summed E-state index contributed by atoms with van der Waals surface area (Å²) in [4.78, 5) is 49.8. The van der Waals surface area contributed by atoms with Gasteiger partial charge in [0, 0.05) is 24.6 Å². The third-order valence-electron chi connectivity index (χ3n) is 4.87. The molecule has 2 atom stereocenters. The fourth-order valence-corrected chi connectivity index (χ4v) is 3.58. The average Bonchev–Trinajstić information content (AvgIpc) is 2.71. The molecule has 1 aliphatic rings. The van der Waals surface area contributed by atoms with Crippen LogP contribution >= 0.6 is 0 Å². The molecule has 1 heterocycles. The predicted molar refractivity (Wildman–Crippen MR) is 103 cm³/mol. The number of likely N-dealkylation sites (tertiary alicyclic amines) is 1. The van der Waals surface area contributed by atoms with Gasteiger partial charge in [-0.05, 0) is 33.1 Å². The van der Waals surface area contributed by atoms with Gasteiger partial charge in [-0.15, -0.1) is 0 Å². The normalized spacial score (nSPS) is 18.8. The largest absolute Gasteiger partial charge is 0.466 e. The molecule has 0 saturated carbocycles. The molecule has 0 aliphatic carbocycles. The van der Waals surface area contributed by atoms with E-state index in [2.05, 4.69) is 0 Å². The molecule has 0 bridgehead atoms. The van der Waals surface area contributed by atoms with E-state index in [0.717, 1.165) is 0 Å². The Hall–Kier alpha value is -2.97. The number of benzene rings is 1. The van der Waals surface area contributed by atoms with E-state index in [-0.39, 0.29) is 37.6 Å². The quantitative estimate of drug-likeness (QED) is 0.369. The van der Waals surface area contributed by atoms with Crippen LogP contribution in [0.4, 0.5) is 5.69 Å². The van der Waals surface area contributed by atoms with Crippen LogP contribution in [-0.2, 0) is 30.3 Å². The van der Waals surface area contributed by atoms with E-state index in [9.17, 15) is 24.5 Å². The molecule has 0 N–H and O–H groups in total. The van der Waals surface area contributed by atoms with Crippen molar-refractivity contribution in [2.45, 2.75) is 45.6 Å². The predicted octanol–water partition coefficient (Wildman–Crippen LogP) is 2.26. The summed E-state index contributed by atoms with van der Waals surface area (Å²) in [6, 6.07) is 5.19. The summed E-state index contributed by atoms with van der Waals surface area (Å²) in [6.45, 7) is 3.95. The van der Waals surface area contributed by atoms with E-state index in [4.69, 9.17) is 9.47 Å². The Morgan fingerprint density at radius 1 is 1.14 bits per heavy atom. The zero-order chi connectivity index (χ0) is 21.4. The van der Waals surface area contributed by atoms with Gasteiger partial charge in [-0.2, -0.15) is 0 Å². The molecule has 9 heteroatoms. The number of para-hydroxylation sites is 1. The number of nitro groups is 1. The van der Waals surface area contributed by atoms with Crippen LogP contribution in [0.2, 0.25) is 0 Å². The van der Waals surface area contributed by atoms with Crippen LogP contribution in [0.3, 0.4) is 0 Å². The molecule has 29 heavy (non-hydrogen) atoms. The molecule has 0 radical (unpaired) electrons. The number of carbonyl (C=O) groups is 3. The number of nitro benzene ring substituents is 1. The smallest absolute Gasteiger partial charge is 0.329 e. The number of nitrogens with zero attached hydrogens (tertiary/aromatic N) is 2. The lowest BCUT2D eigenvalue weighted by molar-refractivity contribution is -0.385. The lowest BCUT2D eigenvalue weighted by atomic mass is 9.88. The molecule has 1 fully saturated rings. The molecule has 1 saturated heterocycles. The van der Waals surface area contributed by atoms with E-state index >= 15 is 0 Å². The van der Waals surface area contributed by atoms with E-state index < -0.39 is 28.8 Å². The highest BCUT2D eigenvalue weighted by Crippen LogP contribution is 2.28. The third kappa shape index (κ3) is 5.52. The standard InChI is InChI=1S/C20H26N2O7/c1-3-28-19(24)15-9-7-13-21(18(15)20(25)29-4-2)17(23)12-11-14-8-5-6-10-16(14)22(26)27/h5-6,8,10,15,18H,3-4,7,9,11-13H2,1-2H3/t15-,18+/m0/s1. The first-order valence-corrected chi connectivity index (χ1v) is 9.75. The first kappa shape index (κ1) is 22.3. The zero-order valence-corrected chi connectivity index (χ0v) is 16.7. The lowest BCUT2D eigenvalue weighted by Gasteiger charge is -2.38. The summed E-state index contributed by atoms with van der Waals surface area (Å²) in [6.07, 6.45) is 1.12. The first-order chi connectivity index (χ1) is 13.9. The Morgan fingerprint density at radius 3 is 2.45 bits per heavy atom. The van der Waals surface area contributed by atoms with Gasteiger partial charge in [0.25, 0.3) is 5.69 Å². The van der Waals surface area contributed by atoms with Crippen molar-refractivity contribution >= 4 is 23.5 Å². The topological polar surface area (TPSA) is 116 Å². The average molecular weight is 406 g/mol. The van der Waals surface area contributed by atoms with E-state index in [0.29, 0.717) is 24.9 Å². The summed E-state index contributed by atoms with van der Waals surface area (Å²) in [7, 11) is 0. The van der Waals surface area contributed by atoms with E-state index in [1.807, 2.05) is 0 Å². The summed E-state index contributed by atoms with van der Waals surface area (Å²) >= 11 is 0. The molecular formula is C20H26N2O7. The summed E-state index contributed by atoms with van der Waals surface area (Å²) in [5, 5.41) is 11.2. The van der Waals surface area contributed by atoms with Crippen LogP contribution < -0.4 is 0 Å². The molecule has 9 nitrogen and oxygen atoms in total. The SMILES string of the molecule is CCOC(=O)[C@H]1CCCN(C(=O)CCc2ccccc2[N+](=O)[O-])[C@H]1C(=O)OCC. The minimum absolute atomic E-state index is 0.0176. The number of hydrogen-bond donors (Lipinski definition) is 0. The van der Waals surface area contributed by atoms with Crippen LogP contribution in [0.5, 0.6) is 0 Å². The van der Waals surface area contributed by atoms with Gasteiger partial charge >= 0.3 is 11.9 Å². The maximum atomic E-state index is 12.9. The van der Waals surface area contributed by atoms with Gasteiger partial charge in [0.2, 0.25) is 5.91 Å². The molecular weight excluding hydrogens is 380 g/mol. The van der Waals surface area contributed by atoms with Crippen molar-refractivity contribution in [3.63, 3.8) is 0 Å². The highest BCUT2D eigenvalue weighted by Gasteiger charge is 2.44. The minimum Gasteiger partial charge on any atom is -0.466 e. The number of aryl methyl sites for hydroxylation is 1. The zero-order valence-electron chi connectivity index (χ0n) is 16.7. The summed E-state index contributed by atoms with van der Waals surface area (Å²) in [5.74, 6) is -2.29. The number of esters is 2. The van der Waals surface area contributed by atoms with Crippen LogP contribution in [-0.4, -0.2) is 53.5 Å². The maximum Gasteiger partial charge on any atom is 0.329 e. The second kappa shape index (κ2) is 10.5. The number of ether oxygens (including phenoxy) is 2. The highest BCUT2D eigenvalue weighted by molar-refractivity contribution is 5.90. The third-order valence-corrected chi connectivity index (χ3v) is 4.87. The number of hydrogen-bond acceptors (Lipinski definition) is 7. The van der Waals surface area contributed by atoms with Gasteiger partial charge < -0.3 is 14.4 Å². The van der Waals surface area contributed by atoms with Crippen LogP contribution in [0.25, 0.3) is 0 Å². The van der Waals surface area contributed by atoms with Gasteiger partial charge in [0.1, 0.15) is 6.04 Å². The number of piperidine rings is 1.